The van der Waals surface area contributed by atoms with E-state index in [1.54, 1.807) is 13.8 Å². The van der Waals surface area contributed by atoms with Gasteiger partial charge in [0, 0.05) is 24.4 Å². The smallest absolute Gasteiger partial charge is 0.431 e. The highest BCUT2D eigenvalue weighted by Crippen LogP contribution is 2.13. The van der Waals surface area contributed by atoms with Crippen LogP contribution in [-0.2, 0) is 14.8 Å². The molecule has 0 bridgehead atoms. The first-order chi connectivity index (χ1) is 16.1. The van der Waals surface area contributed by atoms with E-state index in [0.29, 0.717) is 12.1 Å². The lowest BCUT2D eigenvalue weighted by molar-refractivity contribution is 0.0715. The summed E-state index contributed by atoms with van der Waals surface area (Å²) in [4.78, 5) is 39.6. The van der Waals surface area contributed by atoms with Gasteiger partial charge < -0.3 is 14.8 Å². The van der Waals surface area contributed by atoms with Crippen molar-refractivity contribution >= 4 is 28.0 Å². The van der Waals surface area contributed by atoms with Gasteiger partial charge in [0.25, 0.3) is 21.8 Å². The fourth-order valence-corrected chi connectivity index (χ4v) is 3.73. The molecule has 0 saturated heterocycles. The average Bonchev–Trinajstić information content (AvgIpc) is 2.78. The second kappa shape index (κ2) is 12.7. The molecule has 1 heterocycles. The maximum atomic E-state index is 12.5. The Labute approximate surface area is 199 Å². The number of hydrogen-bond donors (Lipinski definition) is 2. The Hall–Kier alpha value is -3.47. The van der Waals surface area contributed by atoms with Gasteiger partial charge in [-0.05, 0) is 50.6 Å². The SMILES string of the molecule is CCCCCCNC(=O)c1ccc(S(=O)(=O)NC(=O)c2ccc(OC(=O)OC(C)C)nc2)cc1. The highest BCUT2D eigenvalue weighted by atomic mass is 32.2. The molecule has 0 atom stereocenters. The van der Waals surface area contributed by atoms with E-state index in [4.69, 9.17) is 9.47 Å². The van der Waals surface area contributed by atoms with Gasteiger partial charge >= 0.3 is 6.16 Å². The summed E-state index contributed by atoms with van der Waals surface area (Å²) >= 11 is 0. The van der Waals surface area contributed by atoms with Crippen molar-refractivity contribution in [1.82, 2.24) is 15.0 Å². The number of ether oxygens (including phenoxy) is 2. The standard InChI is InChI=1S/C23H29N3O7S/c1-4-5-6-7-14-24-21(27)17-8-11-19(12-9-17)34(30,31)26-22(28)18-10-13-20(25-15-18)33-23(29)32-16(2)3/h8-13,15-16H,4-7,14H2,1-3H3,(H,24,27)(H,26,28). The maximum Gasteiger partial charge on any atom is 0.515 e. The molecule has 0 fully saturated rings. The molecular formula is C23H29N3O7S. The van der Waals surface area contributed by atoms with Crippen LogP contribution in [0.1, 0.15) is 67.2 Å². The first kappa shape index (κ1) is 26.8. The van der Waals surface area contributed by atoms with Crippen molar-refractivity contribution in [3.05, 3.63) is 53.7 Å². The van der Waals surface area contributed by atoms with Crippen LogP contribution in [0.4, 0.5) is 4.79 Å². The Balaban J connectivity index is 1.95. The third-order valence-corrected chi connectivity index (χ3v) is 5.84. The second-order valence-corrected chi connectivity index (χ2v) is 9.36. The maximum absolute atomic E-state index is 12.5. The summed E-state index contributed by atoms with van der Waals surface area (Å²) in [6.07, 6.45) is 3.86. The predicted molar refractivity (Wildman–Crippen MR) is 124 cm³/mol. The molecule has 0 radical (unpaired) electrons. The van der Waals surface area contributed by atoms with Crippen LogP contribution in [0.15, 0.2) is 47.5 Å². The molecule has 0 saturated carbocycles. The first-order valence-electron chi connectivity index (χ1n) is 10.9. The molecule has 2 amide bonds. The summed E-state index contributed by atoms with van der Waals surface area (Å²) in [7, 11) is -4.18. The molecule has 34 heavy (non-hydrogen) atoms. The summed E-state index contributed by atoms with van der Waals surface area (Å²) < 4.78 is 36.7. The quantitative estimate of drug-likeness (QED) is 0.360. The number of hydrogen-bond acceptors (Lipinski definition) is 8. The molecule has 10 nitrogen and oxygen atoms in total. The summed E-state index contributed by atoms with van der Waals surface area (Å²) in [6, 6.07) is 7.74. The topological polar surface area (TPSA) is 141 Å². The van der Waals surface area contributed by atoms with Crippen molar-refractivity contribution in [1.29, 1.82) is 0 Å². The van der Waals surface area contributed by atoms with Crippen LogP contribution in [0.5, 0.6) is 5.88 Å². The van der Waals surface area contributed by atoms with Gasteiger partial charge in [0.1, 0.15) is 0 Å². The van der Waals surface area contributed by atoms with Crippen LogP contribution < -0.4 is 14.8 Å². The lowest BCUT2D eigenvalue weighted by Crippen LogP contribution is -2.30. The predicted octanol–water partition coefficient (Wildman–Crippen LogP) is 3.43. The molecule has 0 unspecified atom stereocenters. The number of aromatic nitrogens is 1. The molecule has 11 heteroatoms. The van der Waals surface area contributed by atoms with E-state index in [1.807, 2.05) is 4.72 Å². The molecule has 0 spiro atoms. The van der Waals surface area contributed by atoms with E-state index in [2.05, 4.69) is 17.2 Å². The summed E-state index contributed by atoms with van der Waals surface area (Å²) in [5, 5.41) is 2.79. The fourth-order valence-electron chi connectivity index (χ4n) is 2.76. The van der Waals surface area contributed by atoms with Gasteiger partial charge in [-0.3, -0.25) is 9.59 Å². The minimum atomic E-state index is -4.18. The van der Waals surface area contributed by atoms with Crippen LogP contribution in [0.25, 0.3) is 0 Å². The number of pyridine rings is 1. The van der Waals surface area contributed by atoms with Crippen molar-refractivity contribution < 1.29 is 32.3 Å². The van der Waals surface area contributed by atoms with Crippen LogP contribution in [-0.4, -0.2) is 44.0 Å². The Kier molecular flexibility index (Phi) is 9.99. The van der Waals surface area contributed by atoms with Gasteiger partial charge in [-0.25, -0.2) is 22.9 Å². The number of amides is 2. The molecule has 0 aliphatic heterocycles. The molecule has 2 aromatic rings. The second-order valence-electron chi connectivity index (χ2n) is 7.68. The molecule has 2 N–H and O–H groups in total. The van der Waals surface area contributed by atoms with Crippen molar-refractivity contribution in [3.8, 4) is 5.88 Å². The molecule has 0 aliphatic rings. The lowest BCUT2D eigenvalue weighted by Gasteiger charge is -2.09. The van der Waals surface area contributed by atoms with Crippen LogP contribution >= 0.6 is 0 Å². The minimum absolute atomic E-state index is 0.0628. The van der Waals surface area contributed by atoms with Crippen LogP contribution in [0.3, 0.4) is 0 Å². The zero-order chi connectivity index (χ0) is 25.1. The van der Waals surface area contributed by atoms with E-state index in [1.165, 1.54) is 36.4 Å². The normalized spacial score (nSPS) is 11.1. The zero-order valence-electron chi connectivity index (χ0n) is 19.4. The molecule has 1 aromatic carbocycles. The van der Waals surface area contributed by atoms with Gasteiger partial charge in [0.15, 0.2) is 0 Å². The molecule has 184 valence electrons. The van der Waals surface area contributed by atoms with Gasteiger partial charge in [-0.15, -0.1) is 0 Å². The zero-order valence-corrected chi connectivity index (χ0v) is 20.2. The number of nitrogens with one attached hydrogen (secondary N) is 2. The summed E-state index contributed by atoms with van der Waals surface area (Å²) in [6.45, 7) is 5.96. The third-order valence-electron chi connectivity index (χ3n) is 4.49. The number of nitrogens with zero attached hydrogens (tertiary/aromatic N) is 1. The van der Waals surface area contributed by atoms with Gasteiger partial charge in [0.05, 0.1) is 16.6 Å². The molecule has 1 aromatic heterocycles. The van der Waals surface area contributed by atoms with E-state index >= 15 is 0 Å². The number of carbonyl (C=O) groups is 3. The Morgan fingerprint density at radius 3 is 2.21 bits per heavy atom. The summed E-state index contributed by atoms with van der Waals surface area (Å²) in [5.74, 6) is -1.32. The molecule has 2 rings (SSSR count). The van der Waals surface area contributed by atoms with E-state index in [-0.39, 0.29) is 28.4 Å². The van der Waals surface area contributed by atoms with Crippen LogP contribution in [0.2, 0.25) is 0 Å². The monoisotopic (exact) mass is 491 g/mol. The lowest BCUT2D eigenvalue weighted by atomic mass is 10.2. The minimum Gasteiger partial charge on any atom is -0.431 e. The molecule has 0 aliphatic carbocycles. The van der Waals surface area contributed by atoms with Gasteiger partial charge in [0.2, 0.25) is 5.88 Å². The van der Waals surface area contributed by atoms with Crippen molar-refractivity contribution in [2.45, 2.75) is 57.5 Å². The van der Waals surface area contributed by atoms with Crippen molar-refractivity contribution in [3.63, 3.8) is 0 Å². The number of sulfonamides is 1. The number of unbranched alkanes of at least 4 members (excludes halogenated alkanes) is 3. The van der Waals surface area contributed by atoms with Gasteiger partial charge in [-0.2, -0.15) is 0 Å². The average molecular weight is 492 g/mol. The van der Waals surface area contributed by atoms with Crippen molar-refractivity contribution in [2.24, 2.45) is 0 Å². The number of rotatable bonds is 11. The Morgan fingerprint density at radius 1 is 0.941 bits per heavy atom. The summed E-state index contributed by atoms with van der Waals surface area (Å²) in [5.41, 5.74) is 0.253. The highest BCUT2D eigenvalue weighted by Gasteiger charge is 2.20. The Bertz CT molecular complexity index is 1080. The van der Waals surface area contributed by atoms with Crippen molar-refractivity contribution in [2.75, 3.05) is 6.54 Å². The van der Waals surface area contributed by atoms with E-state index < -0.39 is 22.1 Å². The van der Waals surface area contributed by atoms with E-state index in [9.17, 15) is 22.8 Å². The Morgan fingerprint density at radius 2 is 1.62 bits per heavy atom. The molecular weight excluding hydrogens is 462 g/mol. The third kappa shape index (κ3) is 8.47. The van der Waals surface area contributed by atoms with E-state index in [0.717, 1.165) is 31.9 Å². The number of benzene rings is 1. The number of carbonyl (C=O) groups excluding carboxylic acids is 3. The highest BCUT2D eigenvalue weighted by molar-refractivity contribution is 7.90. The fraction of sp³-hybridized carbons (Fsp3) is 0.391. The largest absolute Gasteiger partial charge is 0.515 e. The van der Waals surface area contributed by atoms with Crippen LogP contribution in [0, 0.1) is 0 Å². The van der Waals surface area contributed by atoms with Gasteiger partial charge in [-0.1, -0.05) is 26.2 Å². The first-order valence-corrected chi connectivity index (χ1v) is 12.4.